The fourth-order valence-electron chi connectivity index (χ4n) is 3.27. The number of guanidine groups is 1. The summed E-state index contributed by atoms with van der Waals surface area (Å²) in [4.78, 5) is 4.20. The summed E-state index contributed by atoms with van der Waals surface area (Å²) in [5, 5.41) is 6.49. The zero-order valence-corrected chi connectivity index (χ0v) is 17.8. The molecule has 0 aromatic heterocycles. The van der Waals surface area contributed by atoms with Crippen LogP contribution in [0.5, 0.6) is 0 Å². The lowest BCUT2D eigenvalue weighted by Gasteiger charge is -2.32. The molecule has 1 aliphatic heterocycles. The molecule has 1 aromatic rings. The Morgan fingerprint density at radius 1 is 1.24 bits per heavy atom. The van der Waals surface area contributed by atoms with Crippen molar-refractivity contribution in [1.82, 2.24) is 14.9 Å². The highest BCUT2D eigenvalue weighted by molar-refractivity contribution is 7.90. The molecule has 2 rings (SSSR count). The van der Waals surface area contributed by atoms with Crippen molar-refractivity contribution in [2.45, 2.75) is 44.7 Å². The minimum Gasteiger partial charge on any atom is -0.356 e. The Morgan fingerprint density at radius 3 is 2.31 bits per heavy atom. The molecular formula is C19H29F3N4O2S. The Hall–Kier alpha value is -1.81. The summed E-state index contributed by atoms with van der Waals surface area (Å²) in [6.45, 7) is 4.39. The molecule has 0 spiro atoms. The van der Waals surface area contributed by atoms with Crippen LogP contribution in [0, 0.1) is 5.92 Å². The van der Waals surface area contributed by atoms with E-state index in [-0.39, 0.29) is 25.0 Å². The highest BCUT2D eigenvalue weighted by Crippen LogP contribution is 2.30. The minimum absolute atomic E-state index is 0.0332. The smallest absolute Gasteiger partial charge is 0.356 e. The maximum Gasteiger partial charge on any atom is 0.511 e. The van der Waals surface area contributed by atoms with Crippen LogP contribution in [0.4, 0.5) is 13.2 Å². The molecule has 0 aliphatic carbocycles. The summed E-state index contributed by atoms with van der Waals surface area (Å²) < 4.78 is 61.4. The molecule has 10 heteroatoms. The number of alkyl halides is 3. The molecule has 0 radical (unpaired) electrons. The van der Waals surface area contributed by atoms with E-state index in [0.29, 0.717) is 29.7 Å². The summed E-state index contributed by atoms with van der Waals surface area (Å²) in [5.41, 5.74) is -2.85. The summed E-state index contributed by atoms with van der Waals surface area (Å²) in [6, 6.07) is 8.35. The third kappa shape index (κ3) is 6.08. The molecule has 1 heterocycles. The molecule has 29 heavy (non-hydrogen) atoms. The number of aliphatic imine (C=N–C) groups is 1. The second-order valence-corrected chi connectivity index (χ2v) is 9.14. The molecule has 0 amide bonds. The largest absolute Gasteiger partial charge is 0.511 e. The van der Waals surface area contributed by atoms with Gasteiger partial charge in [0.2, 0.25) is 0 Å². The normalized spacial score (nSPS) is 18.5. The first-order valence-corrected chi connectivity index (χ1v) is 11.1. The van der Waals surface area contributed by atoms with Crippen molar-refractivity contribution < 1.29 is 21.6 Å². The van der Waals surface area contributed by atoms with Crippen LogP contribution < -0.4 is 10.6 Å². The van der Waals surface area contributed by atoms with Crippen molar-refractivity contribution in [3.05, 3.63) is 35.4 Å². The maximum absolute atomic E-state index is 12.7. The molecule has 1 atom stereocenters. The monoisotopic (exact) mass is 434 g/mol. The SMILES string of the molecule is CCc1ccc(C(C)NC(=NC)NCC2CCN(S(=O)(=O)C(F)(F)F)CC2)cc1. The van der Waals surface area contributed by atoms with Gasteiger partial charge in [0.05, 0.1) is 6.04 Å². The molecule has 1 aliphatic rings. The number of hydrogen-bond donors (Lipinski definition) is 2. The molecule has 2 N–H and O–H groups in total. The van der Waals surface area contributed by atoms with Gasteiger partial charge in [-0.25, -0.2) is 8.42 Å². The molecule has 1 fully saturated rings. The minimum atomic E-state index is -5.24. The van der Waals surface area contributed by atoms with E-state index < -0.39 is 15.5 Å². The lowest BCUT2D eigenvalue weighted by molar-refractivity contribution is -0.0496. The van der Waals surface area contributed by atoms with Crippen molar-refractivity contribution in [2.24, 2.45) is 10.9 Å². The third-order valence-corrected chi connectivity index (χ3v) is 6.86. The van der Waals surface area contributed by atoms with Crippen molar-refractivity contribution in [2.75, 3.05) is 26.7 Å². The number of nitrogens with one attached hydrogen (secondary N) is 2. The lowest BCUT2D eigenvalue weighted by Crippen LogP contribution is -2.47. The predicted molar refractivity (Wildman–Crippen MR) is 108 cm³/mol. The molecule has 164 valence electrons. The number of aryl methyl sites for hydroxylation is 1. The van der Waals surface area contributed by atoms with Crippen molar-refractivity contribution in [3.63, 3.8) is 0 Å². The Balaban J connectivity index is 1.83. The van der Waals surface area contributed by atoms with E-state index in [1.54, 1.807) is 7.05 Å². The second-order valence-electron chi connectivity index (χ2n) is 7.21. The first-order chi connectivity index (χ1) is 13.6. The van der Waals surface area contributed by atoms with E-state index in [1.807, 2.05) is 6.92 Å². The number of piperidine rings is 1. The number of benzene rings is 1. The maximum atomic E-state index is 12.7. The fourth-order valence-corrected chi connectivity index (χ4v) is 4.25. The lowest BCUT2D eigenvalue weighted by atomic mass is 9.98. The summed E-state index contributed by atoms with van der Waals surface area (Å²) in [5.74, 6) is 0.676. The molecule has 1 saturated heterocycles. The van der Waals surface area contributed by atoms with Crippen molar-refractivity contribution in [3.8, 4) is 0 Å². The third-order valence-electron chi connectivity index (χ3n) is 5.23. The van der Waals surface area contributed by atoms with Crippen LogP contribution in [0.3, 0.4) is 0 Å². The van der Waals surface area contributed by atoms with Gasteiger partial charge in [-0.1, -0.05) is 31.2 Å². The first-order valence-electron chi connectivity index (χ1n) is 9.71. The molecular weight excluding hydrogens is 405 g/mol. The van der Waals surface area contributed by atoms with Crippen LogP contribution in [0.1, 0.15) is 43.9 Å². The van der Waals surface area contributed by atoms with Gasteiger partial charge in [-0.05, 0) is 43.2 Å². The average Bonchev–Trinajstić information content (AvgIpc) is 2.70. The van der Waals surface area contributed by atoms with Crippen molar-refractivity contribution >= 4 is 16.0 Å². The molecule has 6 nitrogen and oxygen atoms in total. The van der Waals surface area contributed by atoms with Gasteiger partial charge in [-0.15, -0.1) is 0 Å². The molecule has 0 saturated carbocycles. The van der Waals surface area contributed by atoms with Gasteiger partial charge in [0.25, 0.3) is 0 Å². The van der Waals surface area contributed by atoms with Crippen molar-refractivity contribution in [1.29, 1.82) is 0 Å². The standard InChI is InChI=1S/C19H29F3N4O2S/c1-4-15-5-7-17(8-6-15)14(2)25-18(23-3)24-13-16-9-11-26(12-10-16)29(27,28)19(20,21)22/h5-8,14,16H,4,9-13H2,1-3H3,(H2,23,24,25). The highest BCUT2D eigenvalue weighted by Gasteiger charge is 2.50. The Kier molecular flexibility index (Phi) is 7.93. The number of rotatable bonds is 6. The summed E-state index contributed by atoms with van der Waals surface area (Å²) >= 11 is 0. The number of halogens is 3. The predicted octanol–water partition coefficient (Wildman–Crippen LogP) is 3.04. The number of sulfonamides is 1. The van der Waals surface area contributed by atoms with E-state index in [1.165, 1.54) is 5.56 Å². The van der Waals surface area contributed by atoms with Gasteiger partial charge in [0.15, 0.2) is 5.96 Å². The highest BCUT2D eigenvalue weighted by atomic mass is 32.2. The Bertz CT molecular complexity index is 787. The Morgan fingerprint density at radius 2 is 1.83 bits per heavy atom. The zero-order valence-electron chi connectivity index (χ0n) is 17.0. The zero-order chi connectivity index (χ0) is 21.7. The number of nitrogens with zero attached hydrogens (tertiary/aromatic N) is 2. The van der Waals surface area contributed by atoms with Gasteiger partial charge in [-0.2, -0.15) is 17.5 Å². The second kappa shape index (κ2) is 9.80. The molecule has 0 bridgehead atoms. The van der Waals surface area contributed by atoms with Gasteiger partial charge in [-0.3, -0.25) is 4.99 Å². The topological polar surface area (TPSA) is 73.8 Å². The van der Waals surface area contributed by atoms with E-state index in [0.717, 1.165) is 12.0 Å². The average molecular weight is 435 g/mol. The quantitative estimate of drug-likeness (QED) is 0.533. The molecule has 1 unspecified atom stereocenters. The first kappa shape index (κ1) is 23.5. The van der Waals surface area contributed by atoms with Gasteiger partial charge in [0, 0.05) is 26.7 Å². The van der Waals surface area contributed by atoms with Crippen LogP contribution in [0.25, 0.3) is 0 Å². The van der Waals surface area contributed by atoms with Crippen LogP contribution in [0.2, 0.25) is 0 Å². The summed E-state index contributed by atoms with van der Waals surface area (Å²) in [7, 11) is -3.58. The van der Waals surface area contributed by atoms with Crippen LogP contribution in [0.15, 0.2) is 29.3 Å². The molecule has 1 aromatic carbocycles. The van der Waals surface area contributed by atoms with E-state index in [9.17, 15) is 21.6 Å². The summed E-state index contributed by atoms with van der Waals surface area (Å²) in [6.07, 6.45) is 1.72. The van der Waals surface area contributed by atoms with E-state index in [4.69, 9.17) is 0 Å². The van der Waals surface area contributed by atoms with Crippen LogP contribution >= 0.6 is 0 Å². The van der Waals surface area contributed by atoms with Gasteiger partial charge < -0.3 is 10.6 Å². The van der Waals surface area contributed by atoms with Crippen LogP contribution in [-0.2, 0) is 16.4 Å². The Labute approximate surface area is 170 Å². The van der Waals surface area contributed by atoms with Crippen LogP contribution in [-0.4, -0.2) is 50.9 Å². The van der Waals surface area contributed by atoms with Gasteiger partial charge in [0.1, 0.15) is 0 Å². The fraction of sp³-hybridized carbons (Fsp3) is 0.632. The van der Waals surface area contributed by atoms with Gasteiger partial charge >= 0.3 is 15.5 Å². The van der Waals surface area contributed by atoms with E-state index in [2.05, 4.69) is 46.8 Å². The van der Waals surface area contributed by atoms with E-state index >= 15 is 0 Å². The number of hydrogen-bond acceptors (Lipinski definition) is 3.